The van der Waals surface area contributed by atoms with E-state index >= 15 is 0 Å². The van der Waals surface area contributed by atoms with Gasteiger partial charge in [-0.1, -0.05) is 17.7 Å². The second-order valence-corrected chi connectivity index (χ2v) is 4.53. The van der Waals surface area contributed by atoms with Gasteiger partial charge in [0.05, 0.1) is 16.6 Å². The zero-order chi connectivity index (χ0) is 10.4. The first-order valence-corrected chi connectivity index (χ1v) is 5.53. The number of hydrogen-bond acceptors (Lipinski definition) is 2. The molecule has 0 amide bonds. The minimum absolute atomic E-state index is 0.0356. The van der Waals surface area contributed by atoms with Crippen molar-refractivity contribution in [3.8, 4) is 0 Å². The molecule has 1 unspecified atom stereocenters. The van der Waals surface area contributed by atoms with Crippen molar-refractivity contribution < 1.29 is 0 Å². The lowest BCUT2D eigenvalue weighted by Crippen LogP contribution is -2.13. The van der Waals surface area contributed by atoms with Crippen molar-refractivity contribution >= 4 is 22.6 Å². The molecule has 0 spiro atoms. The highest BCUT2D eigenvalue weighted by Crippen LogP contribution is 2.39. The predicted octanol–water partition coefficient (Wildman–Crippen LogP) is 2.63. The van der Waals surface area contributed by atoms with Crippen LogP contribution in [-0.2, 0) is 0 Å². The smallest absolute Gasteiger partial charge is 0.124 e. The molecule has 15 heavy (non-hydrogen) atoms. The van der Waals surface area contributed by atoms with E-state index in [0.29, 0.717) is 10.9 Å². The molecule has 1 fully saturated rings. The van der Waals surface area contributed by atoms with Gasteiger partial charge in [-0.2, -0.15) is 0 Å². The summed E-state index contributed by atoms with van der Waals surface area (Å²) >= 11 is 6.05. The van der Waals surface area contributed by atoms with Gasteiger partial charge in [-0.25, -0.2) is 4.98 Å². The van der Waals surface area contributed by atoms with Crippen molar-refractivity contribution in [2.75, 3.05) is 0 Å². The Bertz CT molecular complexity index is 502. The fourth-order valence-electron chi connectivity index (χ4n) is 1.85. The van der Waals surface area contributed by atoms with E-state index in [4.69, 9.17) is 17.3 Å². The first-order valence-electron chi connectivity index (χ1n) is 5.15. The molecule has 1 saturated carbocycles. The number of rotatable bonds is 2. The Labute approximate surface area is 92.6 Å². The minimum atomic E-state index is 0.0356. The summed E-state index contributed by atoms with van der Waals surface area (Å²) in [5.41, 5.74) is 7.87. The van der Waals surface area contributed by atoms with Gasteiger partial charge in [0.1, 0.15) is 11.3 Å². The molecule has 0 aliphatic heterocycles. The summed E-state index contributed by atoms with van der Waals surface area (Å²) in [6.07, 6.45) is 2.43. The van der Waals surface area contributed by atoms with Crippen LogP contribution < -0.4 is 5.73 Å². The SMILES string of the molecule is NC(c1nc2c(Cl)cccc2[nH]1)C1CC1. The van der Waals surface area contributed by atoms with Gasteiger partial charge in [0.25, 0.3) is 0 Å². The molecule has 1 aliphatic rings. The monoisotopic (exact) mass is 221 g/mol. The molecule has 0 bridgehead atoms. The maximum atomic E-state index is 6.08. The van der Waals surface area contributed by atoms with E-state index in [-0.39, 0.29) is 6.04 Å². The molecule has 4 heteroatoms. The number of nitrogens with two attached hydrogens (primary N) is 1. The first-order chi connectivity index (χ1) is 7.25. The largest absolute Gasteiger partial charge is 0.341 e. The van der Waals surface area contributed by atoms with Gasteiger partial charge in [0.2, 0.25) is 0 Å². The van der Waals surface area contributed by atoms with Gasteiger partial charge >= 0.3 is 0 Å². The van der Waals surface area contributed by atoms with E-state index in [1.165, 1.54) is 12.8 Å². The lowest BCUT2D eigenvalue weighted by atomic mass is 10.2. The third-order valence-corrected chi connectivity index (χ3v) is 3.23. The van der Waals surface area contributed by atoms with Gasteiger partial charge in [0, 0.05) is 0 Å². The standard InChI is InChI=1S/C11H12ClN3/c12-7-2-1-3-8-10(7)15-11(14-8)9(13)6-4-5-6/h1-3,6,9H,4-5,13H2,(H,14,15). The summed E-state index contributed by atoms with van der Waals surface area (Å²) in [4.78, 5) is 7.70. The lowest BCUT2D eigenvalue weighted by Gasteiger charge is -2.04. The maximum Gasteiger partial charge on any atom is 0.124 e. The molecule has 3 nitrogen and oxygen atoms in total. The van der Waals surface area contributed by atoms with Gasteiger partial charge < -0.3 is 10.7 Å². The van der Waals surface area contributed by atoms with Crippen molar-refractivity contribution in [1.29, 1.82) is 0 Å². The van der Waals surface area contributed by atoms with Crippen molar-refractivity contribution in [3.05, 3.63) is 29.0 Å². The van der Waals surface area contributed by atoms with E-state index in [0.717, 1.165) is 16.9 Å². The second-order valence-electron chi connectivity index (χ2n) is 4.12. The molecule has 1 aliphatic carbocycles. The van der Waals surface area contributed by atoms with Gasteiger partial charge in [-0.05, 0) is 30.9 Å². The Kier molecular flexibility index (Phi) is 1.97. The van der Waals surface area contributed by atoms with Crippen LogP contribution in [0.5, 0.6) is 0 Å². The molecule has 0 radical (unpaired) electrons. The number of aromatic nitrogens is 2. The maximum absolute atomic E-state index is 6.08. The number of nitrogens with zero attached hydrogens (tertiary/aromatic N) is 1. The molecular formula is C11H12ClN3. The zero-order valence-electron chi connectivity index (χ0n) is 8.20. The van der Waals surface area contributed by atoms with Crippen LogP contribution in [0.15, 0.2) is 18.2 Å². The van der Waals surface area contributed by atoms with E-state index in [1.807, 2.05) is 18.2 Å². The Morgan fingerprint density at radius 1 is 1.47 bits per heavy atom. The van der Waals surface area contributed by atoms with Crippen molar-refractivity contribution in [1.82, 2.24) is 9.97 Å². The molecule has 3 rings (SSSR count). The topological polar surface area (TPSA) is 54.7 Å². The summed E-state index contributed by atoms with van der Waals surface area (Å²) in [7, 11) is 0. The summed E-state index contributed by atoms with van der Waals surface area (Å²) in [6.45, 7) is 0. The highest BCUT2D eigenvalue weighted by atomic mass is 35.5. The van der Waals surface area contributed by atoms with E-state index in [2.05, 4.69) is 9.97 Å². The molecule has 78 valence electrons. The number of H-pyrrole nitrogens is 1. The minimum Gasteiger partial charge on any atom is -0.341 e. The number of hydrogen-bond donors (Lipinski definition) is 2. The zero-order valence-corrected chi connectivity index (χ0v) is 8.96. The van der Waals surface area contributed by atoms with Crippen LogP contribution in [0.1, 0.15) is 24.7 Å². The summed E-state index contributed by atoms with van der Waals surface area (Å²) in [6, 6.07) is 5.76. The van der Waals surface area contributed by atoms with Crippen LogP contribution in [0.3, 0.4) is 0 Å². The summed E-state index contributed by atoms with van der Waals surface area (Å²) in [5.74, 6) is 1.46. The average Bonchev–Trinajstić information content (AvgIpc) is 2.97. The lowest BCUT2D eigenvalue weighted by molar-refractivity contribution is 0.602. The Balaban J connectivity index is 2.09. The van der Waals surface area contributed by atoms with Gasteiger partial charge in [0.15, 0.2) is 0 Å². The average molecular weight is 222 g/mol. The van der Waals surface area contributed by atoms with E-state index < -0.39 is 0 Å². The Morgan fingerprint density at radius 3 is 2.93 bits per heavy atom. The van der Waals surface area contributed by atoms with E-state index in [1.54, 1.807) is 0 Å². The molecule has 1 aromatic carbocycles. The van der Waals surface area contributed by atoms with Crippen LogP contribution in [0, 0.1) is 5.92 Å². The summed E-state index contributed by atoms with van der Waals surface area (Å²) in [5, 5.41) is 0.679. The molecule has 0 saturated heterocycles. The van der Waals surface area contributed by atoms with Gasteiger partial charge in [-0.15, -0.1) is 0 Å². The fraction of sp³-hybridized carbons (Fsp3) is 0.364. The number of nitrogens with one attached hydrogen (secondary N) is 1. The highest BCUT2D eigenvalue weighted by molar-refractivity contribution is 6.34. The predicted molar refractivity (Wildman–Crippen MR) is 60.8 cm³/mol. The summed E-state index contributed by atoms with van der Waals surface area (Å²) < 4.78 is 0. The van der Waals surface area contributed by atoms with Crippen molar-refractivity contribution in [3.63, 3.8) is 0 Å². The molecule has 1 aromatic heterocycles. The first kappa shape index (κ1) is 9.19. The number of aromatic amines is 1. The van der Waals surface area contributed by atoms with Crippen LogP contribution in [0.25, 0.3) is 11.0 Å². The molecule has 1 heterocycles. The molecule has 1 atom stereocenters. The molecule has 3 N–H and O–H groups in total. The van der Waals surface area contributed by atoms with Crippen LogP contribution in [0.2, 0.25) is 5.02 Å². The quantitative estimate of drug-likeness (QED) is 0.819. The molecule has 2 aromatic rings. The number of para-hydroxylation sites is 1. The van der Waals surface area contributed by atoms with Crippen molar-refractivity contribution in [2.45, 2.75) is 18.9 Å². The van der Waals surface area contributed by atoms with E-state index in [9.17, 15) is 0 Å². The Morgan fingerprint density at radius 2 is 2.27 bits per heavy atom. The highest BCUT2D eigenvalue weighted by Gasteiger charge is 2.31. The number of benzene rings is 1. The fourth-order valence-corrected chi connectivity index (χ4v) is 2.07. The number of fused-ring (bicyclic) bond motifs is 1. The second kappa shape index (κ2) is 3.22. The third-order valence-electron chi connectivity index (χ3n) is 2.93. The number of halogens is 1. The Hall–Kier alpha value is -1.06. The van der Waals surface area contributed by atoms with Crippen LogP contribution >= 0.6 is 11.6 Å². The van der Waals surface area contributed by atoms with Gasteiger partial charge in [-0.3, -0.25) is 0 Å². The van der Waals surface area contributed by atoms with Crippen LogP contribution in [0.4, 0.5) is 0 Å². The third kappa shape index (κ3) is 1.52. The molecular weight excluding hydrogens is 210 g/mol. The van der Waals surface area contributed by atoms with Crippen molar-refractivity contribution in [2.24, 2.45) is 11.7 Å². The normalized spacial score (nSPS) is 18.3. The van der Waals surface area contributed by atoms with Crippen LogP contribution in [-0.4, -0.2) is 9.97 Å². The number of imidazole rings is 1.